The van der Waals surface area contributed by atoms with Gasteiger partial charge in [-0.1, -0.05) is 0 Å². The molecule has 0 fully saturated rings. The molecule has 0 atom stereocenters. The Kier molecular flexibility index (Phi) is 2.45. The summed E-state index contributed by atoms with van der Waals surface area (Å²) in [6.07, 6.45) is 0.812. The summed E-state index contributed by atoms with van der Waals surface area (Å²) in [5, 5.41) is 1.80. The van der Waals surface area contributed by atoms with Crippen molar-refractivity contribution in [2.75, 3.05) is 6.54 Å². The number of hydrogen-bond donors (Lipinski definition) is 1. The SMILES string of the molecule is NCC(=O)c1cc2scc(C=O)c2s1. The van der Waals surface area contributed by atoms with Gasteiger partial charge in [-0.2, -0.15) is 0 Å². The molecule has 3 nitrogen and oxygen atoms in total. The first kappa shape index (κ1) is 9.51. The largest absolute Gasteiger partial charge is 0.324 e. The lowest BCUT2D eigenvalue weighted by Gasteiger charge is -1.88. The topological polar surface area (TPSA) is 60.2 Å². The number of carbonyl (C=O) groups excluding carboxylic acids is 2. The number of Topliss-reactive ketones (excluding diaryl/α,β-unsaturated/α-hetero) is 1. The first-order valence-corrected chi connectivity index (χ1v) is 5.65. The minimum Gasteiger partial charge on any atom is -0.324 e. The maximum Gasteiger partial charge on any atom is 0.186 e. The Morgan fingerprint density at radius 2 is 2.36 bits per heavy atom. The van der Waals surface area contributed by atoms with E-state index >= 15 is 0 Å². The van der Waals surface area contributed by atoms with Gasteiger partial charge in [-0.15, -0.1) is 22.7 Å². The summed E-state index contributed by atoms with van der Waals surface area (Å²) in [7, 11) is 0. The minimum atomic E-state index is -0.0738. The fourth-order valence-corrected chi connectivity index (χ4v) is 3.40. The van der Waals surface area contributed by atoms with Crippen molar-refractivity contribution in [3.8, 4) is 0 Å². The van der Waals surface area contributed by atoms with E-state index in [-0.39, 0.29) is 12.3 Å². The molecule has 0 amide bonds. The van der Waals surface area contributed by atoms with Gasteiger partial charge in [0, 0.05) is 15.6 Å². The minimum absolute atomic E-state index is 0.0181. The fourth-order valence-electron chi connectivity index (χ4n) is 1.16. The third kappa shape index (κ3) is 1.39. The van der Waals surface area contributed by atoms with Crippen LogP contribution < -0.4 is 5.73 Å². The monoisotopic (exact) mass is 225 g/mol. The smallest absolute Gasteiger partial charge is 0.186 e. The van der Waals surface area contributed by atoms with E-state index in [1.165, 1.54) is 22.7 Å². The van der Waals surface area contributed by atoms with Gasteiger partial charge in [0.15, 0.2) is 12.1 Å². The number of carbonyl (C=O) groups is 2. The van der Waals surface area contributed by atoms with Crippen LogP contribution in [0.3, 0.4) is 0 Å². The second-order valence-corrected chi connectivity index (χ2v) is 4.70. The molecule has 14 heavy (non-hydrogen) atoms. The Hall–Kier alpha value is -1.04. The predicted octanol–water partition coefficient (Wildman–Crippen LogP) is 1.92. The summed E-state index contributed by atoms with van der Waals surface area (Å²) < 4.78 is 1.87. The van der Waals surface area contributed by atoms with Crippen LogP contribution in [0.2, 0.25) is 0 Å². The van der Waals surface area contributed by atoms with E-state index in [2.05, 4.69) is 0 Å². The number of fused-ring (bicyclic) bond motifs is 1. The van der Waals surface area contributed by atoms with Crippen LogP contribution in [-0.2, 0) is 0 Å². The molecule has 0 bridgehead atoms. The van der Waals surface area contributed by atoms with E-state index in [4.69, 9.17) is 5.73 Å². The van der Waals surface area contributed by atoms with Gasteiger partial charge in [0.2, 0.25) is 0 Å². The summed E-state index contributed by atoms with van der Waals surface area (Å²) in [4.78, 5) is 22.6. The highest BCUT2D eigenvalue weighted by Crippen LogP contribution is 2.33. The summed E-state index contributed by atoms with van der Waals surface area (Å²) in [5.41, 5.74) is 5.91. The molecule has 0 aliphatic carbocycles. The first-order chi connectivity index (χ1) is 6.76. The zero-order chi connectivity index (χ0) is 10.1. The van der Waals surface area contributed by atoms with Gasteiger partial charge >= 0.3 is 0 Å². The van der Waals surface area contributed by atoms with Crippen molar-refractivity contribution in [1.29, 1.82) is 0 Å². The molecule has 2 N–H and O–H groups in total. The standard InChI is InChI=1S/C9H7NO2S2/c10-2-6(12)7-1-8-9(14-7)5(3-11)4-13-8/h1,3-4H,2,10H2. The van der Waals surface area contributed by atoms with Gasteiger partial charge < -0.3 is 5.73 Å². The molecule has 0 aliphatic heterocycles. The van der Waals surface area contributed by atoms with Crippen LogP contribution in [0.1, 0.15) is 20.0 Å². The van der Waals surface area contributed by atoms with Crippen LogP contribution in [0.4, 0.5) is 0 Å². The van der Waals surface area contributed by atoms with E-state index < -0.39 is 0 Å². The summed E-state index contributed by atoms with van der Waals surface area (Å²) >= 11 is 2.81. The molecule has 2 rings (SSSR count). The Bertz CT molecular complexity index is 498. The van der Waals surface area contributed by atoms with Gasteiger partial charge in [-0.3, -0.25) is 9.59 Å². The first-order valence-electron chi connectivity index (χ1n) is 3.95. The molecule has 72 valence electrons. The molecule has 0 aliphatic rings. The molecule has 2 aromatic heterocycles. The molecule has 0 aromatic carbocycles. The van der Waals surface area contributed by atoms with Crippen LogP contribution in [-0.4, -0.2) is 18.6 Å². The Morgan fingerprint density at radius 1 is 1.57 bits per heavy atom. The van der Waals surface area contributed by atoms with Crippen molar-refractivity contribution in [1.82, 2.24) is 0 Å². The van der Waals surface area contributed by atoms with Gasteiger partial charge in [0.1, 0.15) is 0 Å². The Morgan fingerprint density at radius 3 is 3.00 bits per heavy atom. The average Bonchev–Trinajstić information content (AvgIpc) is 2.74. The summed E-state index contributed by atoms with van der Waals surface area (Å²) in [6, 6.07) is 1.80. The van der Waals surface area contributed by atoms with E-state index in [0.717, 1.165) is 15.7 Å². The lowest BCUT2D eigenvalue weighted by Crippen LogP contribution is -2.11. The van der Waals surface area contributed by atoms with Crippen molar-refractivity contribution >= 4 is 44.1 Å². The third-order valence-corrected chi connectivity index (χ3v) is 4.16. The zero-order valence-electron chi connectivity index (χ0n) is 7.15. The third-order valence-electron chi connectivity index (χ3n) is 1.86. The quantitative estimate of drug-likeness (QED) is 0.641. The number of thiophene rings is 2. The van der Waals surface area contributed by atoms with E-state index in [0.29, 0.717) is 10.4 Å². The molecule has 2 heterocycles. The molecule has 2 aromatic rings. The highest BCUT2D eigenvalue weighted by Gasteiger charge is 2.12. The van der Waals surface area contributed by atoms with E-state index in [1.54, 1.807) is 11.4 Å². The average molecular weight is 225 g/mol. The van der Waals surface area contributed by atoms with Crippen LogP contribution in [0.15, 0.2) is 11.4 Å². The Balaban J connectivity index is 2.57. The molecule has 0 saturated heterocycles. The van der Waals surface area contributed by atoms with Crippen molar-refractivity contribution in [3.63, 3.8) is 0 Å². The zero-order valence-corrected chi connectivity index (χ0v) is 8.78. The van der Waals surface area contributed by atoms with Crippen molar-refractivity contribution < 1.29 is 9.59 Å². The van der Waals surface area contributed by atoms with E-state index in [1.807, 2.05) is 0 Å². The lowest BCUT2D eigenvalue weighted by molar-refractivity contribution is 0.100. The number of ketones is 1. The van der Waals surface area contributed by atoms with Crippen LogP contribution >= 0.6 is 22.7 Å². The molecular weight excluding hydrogens is 218 g/mol. The maximum atomic E-state index is 11.3. The van der Waals surface area contributed by atoms with Crippen LogP contribution in [0.25, 0.3) is 9.40 Å². The molecular formula is C9H7NO2S2. The molecule has 5 heteroatoms. The number of nitrogens with two attached hydrogens (primary N) is 1. The Labute approximate surface area is 88.2 Å². The molecule has 0 unspecified atom stereocenters. The maximum absolute atomic E-state index is 11.3. The summed E-state index contributed by atoms with van der Waals surface area (Å²) in [6.45, 7) is 0.0181. The van der Waals surface area contributed by atoms with Crippen LogP contribution in [0.5, 0.6) is 0 Å². The fraction of sp³-hybridized carbons (Fsp3) is 0.111. The molecule has 0 saturated carbocycles. The number of rotatable bonds is 3. The van der Waals surface area contributed by atoms with Gasteiger partial charge in [0.25, 0.3) is 0 Å². The highest BCUT2D eigenvalue weighted by atomic mass is 32.1. The highest BCUT2D eigenvalue weighted by molar-refractivity contribution is 7.28. The van der Waals surface area contributed by atoms with Crippen molar-refractivity contribution in [2.45, 2.75) is 0 Å². The molecule has 0 radical (unpaired) electrons. The van der Waals surface area contributed by atoms with Gasteiger partial charge in [0.05, 0.1) is 16.1 Å². The second kappa shape index (κ2) is 3.61. The number of aldehydes is 1. The van der Waals surface area contributed by atoms with Gasteiger partial charge in [-0.25, -0.2) is 0 Å². The number of hydrogen-bond acceptors (Lipinski definition) is 5. The van der Waals surface area contributed by atoms with Crippen molar-refractivity contribution in [3.05, 3.63) is 21.9 Å². The normalized spacial score (nSPS) is 10.6. The van der Waals surface area contributed by atoms with Crippen LogP contribution in [0, 0.1) is 0 Å². The predicted molar refractivity (Wildman–Crippen MR) is 58.5 cm³/mol. The second-order valence-electron chi connectivity index (χ2n) is 2.74. The van der Waals surface area contributed by atoms with E-state index in [9.17, 15) is 9.59 Å². The summed E-state index contributed by atoms with van der Waals surface area (Å²) in [5.74, 6) is -0.0738. The lowest BCUT2D eigenvalue weighted by atomic mass is 10.3. The molecule has 0 spiro atoms. The van der Waals surface area contributed by atoms with Gasteiger partial charge in [-0.05, 0) is 6.07 Å². The van der Waals surface area contributed by atoms with Crippen molar-refractivity contribution in [2.24, 2.45) is 5.73 Å².